The molecule has 6 rings (SSSR count). The molecule has 0 amide bonds. The Bertz CT molecular complexity index is 2280. The molecule has 2 heterocycles. The third kappa shape index (κ3) is 6.69. The quantitative estimate of drug-likeness (QED) is 0.111. The first-order chi connectivity index (χ1) is 23.7. The second-order valence-electron chi connectivity index (χ2n) is 11.9. The summed E-state index contributed by atoms with van der Waals surface area (Å²) in [5.41, 5.74) is 2.16. The minimum absolute atomic E-state index is 0.0290. The lowest BCUT2D eigenvalue weighted by Crippen LogP contribution is -2.23. The minimum Gasteiger partial charge on any atom is -0.508 e. The molecule has 0 bridgehead atoms. The van der Waals surface area contributed by atoms with Gasteiger partial charge in [0.25, 0.3) is 0 Å². The first-order valence-electron chi connectivity index (χ1n) is 15.2. The maximum atomic E-state index is 15.1. The van der Waals surface area contributed by atoms with E-state index in [4.69, 9.17) is 23.2 Å². The van der Waals surface area contributed by atoms with E-state index >= 15 is 4.79 Å². The Labute approximate surface area is 299 Å². The van der Waals surface area contributed by atoms with Crippen molar-refractivity contribution in [2.45, 2.75) is 45.5 Å². The number of ketones is 1. The molecule has 0 spiro atoms. The number of benzene rings is 4. The second kappa shape index (κ2) is 13.5. The highest BCUT2D eigenvalue weighted by molar-refractivity contribution is 7.91. The smallest absolute Gasteiger partial charge is 0.221 e. The summed E-state index contributed by atoms with van der Waals surface area (Å²) < 4.78 is 54.4. The van der Waals surface area contributed by atoms with Crippen LogP contribution in [0.15, 0.2) is 129 Å². The van der Waals surface area contributed by atoms with Crippen LogP contribution in [0.5, 0.6) is 11.5 Å². The lowest BCUT2D eigenvalue weighted by molar-refractivity contribution is -0.120. The van der Waals surface area contributed by atoms with Gasteiger partial charge >= 0.3 is 0 Å². The van der Waals surface area contributed by atoms with Crippen molar-refractivity contribution in [1.29, 1.82) is 0 Å². The summed E-state index contributed by atoms with van der Waals surface area (Å²) in [5, 5.41) is 22.1. The van der Waals surface area contributed by atoms with Crippen LogP contribution in [-0.2, 0) is 24.5 Å². The lowest BCUT2D eigenvalue weighted by Gasteiger charge is -2.24. The molecule has 6 aromatic rings. The normalized spacial score (nSPS) is 13.2. The van der Waals surface area contributed by atoms with Crippen molar-refractivity contribution in [3.63, 3.8) is 0 Å². The highest BCUT2D eigenvalue weighted by atomic mass is 35.5. The highest BCUT2D eigenvalue weighted by Gasteiger charge is 2.37. The molecule has 4 aromatic carbocycles. The van der Waals surface area contributed by atoms with E-state index in [1.165, 1.54) is 85.2 Å². The van der Waals surface area contributed by atoms with Crippen molar-refractivity contribution in [3.8, 4) is 11.5 Å². The van der Waals surface area contributed by atoms with Crippen LogP contribution < -0.4 is 0 Å². The zero-order valence-corrected chi connectivity index (χ0v) is 29.7. The van der Waals surface area contributed by atoms with Gasteiger partial charge in [0.2, 0.25) is 19.7 Å². The molecule has 9 nitrogen and oxygen atoms in total. The van der Waals surface area contributed by atoms with Crippen LogP contribution in [0.25, 0.3) is 0 Å². The van der Waals surface area contributed by atoms with Crippen molar-refractivity contribution in [2.24, 2.45) is 0 Å². The van der Waals surface area contributed by atoms with Crippen molar-refractivity contribution in [3.05, 3.63) is 153 Å². The van der Waals surface area contributed by atoms with Gasteiger partial charge in [-0.1, -0.05) is 58.6 Å². The number of phenolic OH excluding ortho intramolecular Hbond substituents is 2. The first kappa shape index (κ1) is 35.0. The molecule has 50 heavy (non-hydrogen) atoms. The van der Waals surface area contributed by atoms with Gasteiger partial charge < -0.3 is 20.2 Å². The summed E-state index contributed by atoms with van der Waals surface area (Å²) in [6, 6.07) is 23.4. The average Bonchev–Trinajstić information content (AvgIpc) is 3.77. The number of hydrogen-bond acceptors (Lipinski definition) is 7. The predicted molar refractivity (Wildman–Crippen MR) is 190 cm³/mol. The Kier molecular flexibility index (Phi) is 9.45. The van der Waals surface area contributed by atoms with Gasteiger partial charge in [-0.25, -0.2) is 16.8 Å². The van der Waals surface area contributed by atoms with E-state index in [2.05, 4.69) is 9.97 Å². The number of carbonyl (C=O) groups is 1. The Morgan fingerprint density at radius 2 is 0.940 bits per heavy atom. The number of rotatable bonds is 10. The van der Waals surface area contributed by atoms with E-state index in [1.54, 1.807) is 24.3 Å². The SMILES string of the molecule is Cc1ccc(S(=O)(=O)c2cc(C(C(=O)C(c3c[nH]c(S(=O)(=O)c4ccc(C)cc4)c3)c3cc(Cl)ccc3O)c3cc(Cl)ccc3O)c[nH]2)cc1. The Morgan fingerprint density at radius 3 is 1.30 bits per heavy atom. The molecule has 0 saturated heterocycles. The summed E-state index contributed by atoms with van der Waals surface area (Å²) in [7, 11) is -8.12. The molecule has 0 radical (unpaired) electrons. The topological polar surface area (TPSA) is 157 Å². The van der Waals surface area contributed by atoms with E-state index in [0.29, 0.717) is 0 Å². The monoisotopic (exact) mass is 748 g/mol. The van der Waals surface area contributed by atoms with Crippen LogP contribution in [-0.4, -0.2) is 42.8 Å². The fraction of sp³-hybridized carbons (Fsp3) is 0.108. The molecule has 256 valence electrons. The van der Waals surface area contributed by atoms with Crippen LogP contribution in [0.4, 0.5) is 0 Å². The van der Waals surface area contributed by atoms with E-state index in [9.17, 15) is 27.0 Å². The van der Waals surface area contributed by atoms with Crippen molar-refractivity contribution < 1.29 is 31.8 Å². The lowest BCUT2D eigenvalue weighted by atomic mass is 9.78. The fourth-order valence-electron chi connectivity index (χ4n) is 5.78. The molecule has 4 N–H and O–H groups in total. The summed E-state index contributed by atoms with van der Waals surface area (Å²) in [4.78, 5) is 20.7. The molecule has 0 aliphatic carbocycles. The number of aromatic hydroxyl groups is 2. The van der Waals surface area contributed by atoms with E-state index in [0.717, 1.165) is 11.1 Å². The average molecular weight is 750 g/mol. The van der Waals surface area contributed by atoms with E-state index < -0.39 is 37.3 Å². The number of phenols is 2. The molecule has 0 saturated carbocycles. The molecule has 0 aliphatic rings. The number of carbonyl (C=O) groups excluding carboxylic acids is 1. The zero-order valence-electron chi connectivity index (χ0n) is 26.6. The van der Waals surface area contributed by atoms with Gasteiger partial charge in [-0.2, -0.15) is 0 Å². The Morgan fingerprint density at radius 1 is 0.580 bits per heavy atom. The standard InChI is InChI=1S/C37H30Cl2N2O7S2/c1-21-3-9-27(10-4-21)49(45,46)33-15-23(19-40-33)35(29-17-25(38)7-13-31(29)42)37(44)36(30-18-26(39)8-14-32(30)43)24-16-34(41-20-24)50(47,48)28-11-5-22(2)6-12-28/h3-20,35-36,40-43H,1-2H3. The number of hydrogen-bond donors (Lipinski definition) is 4. The van der Waals surface area contributed by atoms with Gasteiger partial charge in [-0.3, -0.25) is 4.79 Å². The maximum absolute atomic E-state index is 15.1. The number of H-pyrrole nitrogens is 2. The largest absolute Gasteiger partial charge is 0.508 e. The number of nitrogens with one attached hydrogen (secondary N) is 2. The molecule has 13 heteroatoms. The maximum Gasteiger partial charge on any atom is 0.221 e. The summed E-state index contributed by atoms with van der Waals surface area (Å²) in [6.07, 6.45) is 2.70. The molecule has 0 fully saturated rings. The molecule has 0 aliphatic heterocycles. The molecule has 2 aromatic heterocycles. The van der Waals surface area contributed by atoms with Crippen LogP contribution in [0.3, 0.4) is 0 Å². The minimum atomic E-state index is -4.06. The van der Waals surface area contributed by atoms with Gasteiger partial charge in [0.1, 0.15) is 21.6 Å². The zero-order chi connectivity index (χ0) is 36.0. The Balaban J connectivity index is 1.53. The van der Waals surface area contributed by atoms with Gasteiger partial charge in [0.05, 0.1) is 21.6 Å². The van der Waals surface area contributed by atoms with Gasteiger partial charge in [0.15, 0.2) is 5.78 Å². The number of aromatic amines is 2. The van der Waals surface area contributed by atoms with Gasteiger partial charge in [-0.15, -0.1) is 0 Å². The molecule has 2 unspecified atom stereocenters. The molecular weight excluding hydrogens is 719 g/mol. The summed E-state index contributed by atoms with van der Waals surface area (Å²) >= 11 is 12.7. The second-order valence-corrected chi connectivity index (χ2v) is 16.6. The first-order valence-corrected chi connectivity index (χ1v) is 18.9. The van der Waals surface area contributed by atoms with Gasteiger partial charge in [-0.05, 0) is 97.8 Å². The molecular formula is C37H30Cl2N2O7S2. The van der Waals surface area contributed by atoms with E-state index in [-0.39, 0.29) is 63.6 Å². The fourth-order valence-corrected chi connectivity index (χ4v) is 8.65. The number of aryl methyl sites for hydroxylation is 2. The van der Waals surface area contributed by atoms with Crippen LogP contribution >= 0.6 is 23.2 Å². The van der Waals surface area contributed by atoms with Crippen molar-refractivity contribution in [1.82, 2.24) is 9.97 Å². The van der Waals surface area contributed by atoms with Gasteiger partial charge in [0, 0.05) is 33.6 Å². The van der Waals surface area contributed by atoms with Crippen molar-refractivity contribution >= 4 is 48.7 Å². The highest BCUT2D eigenvalue weighted by Crippen LogP contribution is 2.43. The van der Waals surface area contributed by atoms with Crippen LogP contribution in [0.1, 0.15) is 45.2 Å². The number of Topliss-reactive ketones (excluding diaryl/α,β-unsaturated/α-hetero) is 1. The van der Waals surface area contributed by atoms with Crippen LogP contribution in [0, 0.1) is 13.8 Å². The number of sulfone groups is 2. The predicted octanol–water partition coefficient (Wildman–Crippen LogP) is 7.88. The molecule has 2 atom stereocenters. The number of halogens is 2. The van der Waals surface area contributed by atoms with E-state index in [1.807, 2.05) is 13.8 Å². The Hall–Kier alpha value is -4.81. The third-order valence-corrected chi connectivity index (χ3v) is 12.3. The van der Waals surface area contributed by atoms with Crippen molar-refractivity contribution in [2.75, 3.05) is 0 Å². The third-order valence-electron chi connectivity index (χ3n) is 8.44. The number of aromatic nitrogens is 2. The summed E-state index contributed by atoms with van der Waals surface area (Å²) in [5.74, 6) is -4.01. The summed E-state index contributed by atoms with van der Waals surface area (Å²) in [6.45, 7) is 3.66. The van der Waals surface area contributed by atoms with Crippen LogP contribution in [0.2, 0.25) is 10.0 Å².